The average molecular weight is 207 g/mol. The number of nitrogens with two attached hydrogens (primary N) is 1. The van der Waals surface area contributed by atoms with Crippen molar-refractivity contribution in [3.05, 3.63) is 41.2 Å². The summed E-state index contributed by atoms with van der Waals surface area (Å²) < 4.78 is 13.0. The Hall–Kier alpha value is -1.68. The lowest BCUT2D eigenvalue weighted by Crippen LogP contribution is -2.11. The third-order valence-electron chi connectivity index (χ3n) is 2.45. The molecule has 2 rings (SSSR count). The fraction of sp³-hybridized carbons (Fsp3) is 0.182. The molecule has 3 nitrogen and oxygen atoms in total. The Labute approximate surface area is 86.0 Å². The standard InChI is InChI=1S/C11H10FNO2/c12-7-2-1-6-3-10(14)9(5-11(13)15)8(6)4-7/h1-2,4-5,10,14H,3H2,(H2,13,15)/b9-5-. The molecule has 4 heteroatoms. The molecule has 1 unspecified atom stereocenters. The number of aliphatic hydroxyl groups excluding tert-OH is 1. The van der Waals surface area contributed by atoms with Gasteiger partial charge in [-0.25, -0.2) is 4.39 Å². The van der Waals surface area contributed by atoms with Crippen molar-refractivity contribution in [3.63, 3.8) is 0 Å². The molecule has 0 aromatic heterocycles. The minimum atomic E-state index is -0.769. The molecule has 0 spiro atoms. The van der Waals surface area contributed by atoms with Crippen LogP contribution in [-0.2, 0) is 11.2 Å². The first kappa shape index (κ1) is 9.86. The van der Waals surface area contributed by atoms with Gasteiger partial charge in [-0.15, -0.1) is 0 Å². The molecule has 3 N–H and O–H groups in total. The van der Waals surface area contributed by atoms with Crippen molar-refractivity contribution in [2.24, 2.45) is 5.73 Å². The predicted molar refractivity (Wildman–Crippen MR) is 53.3 cm³/mol. The van der Waals surface area contributed by atoms with Gasteiger partial charge in [0.25, 0.3) is 0 Å². The maximum atomic E-state index is 13.0. The molecule has 1 aromatic rings. The molecule has 0 radical (unpaired) electrons. The van der Waals surface area contributed by atoms with Gasteiger partial charge in [0.15, 0.2) is 0 Å². The highest BCUT2D eigenvalue weighted by molar-refractivity contribution is 5.96. The number of aliphatic hydroxyl groups is 1. The van der Waals surface area contributed by atoms with Crippen LogP contribution in [0.3, 0.4) is 0 Å². The van der Waals surface area contributed by atoms with Gasteiger partial charge in [0.1, 0.15) is 5.82 Å². The molecule has 0 bridgehead atoms. The number of fused-ring (bicyclic) bond motifs is 1. The zero-order valence-electron chi connectivity index (χ0n) is 7.90. The fourth-order valence-corrected chi connectivity index (χ4v) is 1.82. The molecule has 1 aromatic carbocycles. The van der Waals surface area contributed by atoms with Crippen molar-refractivity contribution in [2.75, 3.05) is 0 Å². The Bertz CT molecular complexity index is 454. The highest BCUT2D eigenvalue weighted by Gasteiger charge is 2.25. The molecule has 0 fully saturated rings. The third-order valence-corrected chi connectivity index (χ3v) is 2.45. The minimum Gasteiger partial charge on any atom is -0.388 e. The molecule has 0 heterocycles. The van der Waals surface area contributed by atoms with Gasteiger partial charge in [-0.3, -0.25) is 4.79 Å². The highest BCUT2D eigenvalue weighted by atomic mass is 19.1. The van der Waals surface area contributed by atoms with E-state index in [1.165, 1.54) is 12.1 Å². The number of primary amides is 1. The van der Waals surface area contributed by atoms with Crippen LogP contribution in [0.2, 0.25) is 0 Å². The van der Waals surface area contributed by atoms with Gasteiger partial charge in [-0.1, -0.05) is 6.07 Å². The van der Waals surface area contributed by atoms with E-state index in [0.717, 1.165) is 11.6 Å². The monoisotopic (exact) mass is 207 g/mol. The number of carbonyl (C=O) groups is 1. The Kier molecular flexibility index (Phi) is 2.28. The van der Waals surface area contributed by atoms with E-state index in [4.69, 9.17) is 5.73 Å². The summed E-state index contributed by atoms with van der Waals surface area (Å²) >= 11 is 0. The summed E-state index contributed by atoms with van der Waals surface area (Å²) in [6.07, 6.45) is 0.777. The Balaban J connectivity index is 2.53. The second-order valence-corrected chi connectivity index (χ2v) is 3.52. The van der Waals surface area contributed by atoms with Crippen LogP contribution in [0.25, 0.3) is 5.57 Å². The summed E-state index contributed by atoms with van der Waals surface area (Å²) in [4.78, 5) is 10.7. The lowest BCUT2D eigenvalue weighted by Gasteiger charge is -2.03. The van der Waals surface area contributed by atoms with E-state index in [1.807, 2.05) is 0 Å². The van der Waals surface area contributed by atoms with Crippen LogP contribution < -0.4 is 5.73 Å². The average Bonchev–Trinajstić information content (AvgIpc) is 2.43. The number of carbonyl (C=O) groups excluding carboxylic acids is 1. The molecule has 1 atom stereocenters. The second-order valence-electron chi connectivity index (χ2n) is 3.52. The predicted octanol–water partition coefficient (Wildman–Crippen LogP) is 0.611. The van der Waals surface area contributed by atoms with Crippen molar-refractivity contribution < 1.29 is 14.3 Å². The van der Waals surface area contributed by atoms with Crippen molar-refractivity contribution in [2.45, 2.75) is 12.5 Å². The third kappa shape index (κ3) is 1.76. The zero-order chi connectivity index (χ0) is 11.0. The summed E-state index contributed by atoms with van der Waals surface area (Å²) in [7, 11) is 0. The van der Waals surface area contributed by atoms with Crippen LogP contribution in [0.4, 0.5) is 4.39 Å². The molecule has 1 aliphatic rings. The zero-order valence-corrected chi connectivity index (χ0v) is 7.90. The fourth-order valence-electron chi connectivity index (χ4n) is 1.82. The smallest absolute Gasteiger partial charge is 0.241 e. The van der Waals surface area contributed by atoms with Gasteiger partial charge >= 0.3 is 0 Å². The minimum absolute atomic E-state index is 0.391. The van der Waals surface area contributed by atoms with Crippen molar-refractivity contribution in [3.8, 4) is 0 Å². The van der Waals surface area contributed by atoms with E-state index in [2.05, 4.69) is 0 Å². The first-order valence-electron chi connectivity index (χ1n) is 4.56. The van der Waals surface area contributed by atoms with Crippen molar-refractivity contribution in [1.82, 2.24) is 0 Å². The van der Waals surface area contributed by atoms with E-state index in [-0.39, 0.29) is 0 Å². The first-order valence-corrected chi connectivity index (χ1v) is 4.56. The van der Waals surface area contributed by atoms with E-state index in [0.29, 0.717) is 17.6 Å². The van der Waals surface area contributed by atoms with Gasteiger partial charge in [-0.05, 0) is 28.8 Å². The Morgan fingerprint density at radius 1 is 1.60 bits per heavy atom. The van der Waals surface area contributed by atoms with Gasteiger partial charge in [0.2, 0.25) is 5.91 Å². The number of hydrogen-bond donors (Lipinski definition) is 2. The molecule has 15 heavy (non-hydrogen) atoms. The largest absolute Gasteiger partial charge is 0.388 e. The summed E-state index contributed by atoms with van der Waals surface area (Å²) in [6, 6.07) is 4.24. The maximum absolute atomic E-state index is 13.0. The van der Waals surface area contributed by atoms with Crippen molar-refractivity contribution >= 4 is 11.5 Å². The van der Waals surface area contributed by atoms with Gasteiger partial charge < -0.3 is 10.8 Å². The van der Waals surface area contributed by atoms with Crippen LogP contribution in [0.15, 0.2) is 24.3 Å². The summed E-state index contributed by atoms with van der Waals surface area (Å²) in [6.45, 7) is 0. The molecule has 0 aliphatic heterocycles. The second kappa shape index (κ2) is 3.47. The Morgan fingerprint density at radius 2 is 2.33 bits per heavy atom. The van der Waals surface area contributed by atoms with E-state index in [1.54, 1.807) is 6.07 Å². The molecule has 1 aliphatic carbocycles. The molecular weight excluding hydrogens is 197 g/mol. The SMILES string of the molecule is NC(=O)/C=C1/c2cc(F)ccc2CC1O. The number of halogens is 1. The van der Waals surface area contributed by atoms with Crippen LogP contribution in [-0.4, -0.2) is 17.1 Å². The van der Waals surface area contributed by atoms with Crippen LogP contribution in [0.5, 0.6) is 0 Å². The number of benzene rings is 1. The number of rotatable bonds is 1. The first-order chi connectivity index (χ1) is 7.08. The van der Waals surface area contributed by atoms with Crippen molar-refractivity contribution in [1.29, 1.82) is 0 Å². The van der Waals surface area contributed by atoms with Crippen LogP contribution in [0, 0.1) is 5.82 Å². The van der Waals surface area contributed by atoms with Crippen LogP contribution >= 0.6 is 0 Å². The van der Waals surface area contributed by atoms with Gasteiger partial charge in [0.05, 0.1) is 6.10 Å². The van der Waals surface area contributed by atoms with Crippen LogP contribution in [0.1, 0.15) is 11.1 Å². The Morgan fingerprint density at radius 3 is 3.00 bits per heavy atom. The summed E-state index contributed by atoms with van der Waals surface area (Å²) in [5.74, 6) is -1.03. The number of hydrogen-bond acceptors (Lipinski definition) is 2. The van der Waals surface area contributed by atoms with E-state index >= 15 is 0 Å². The topological polar surface area (TPSA) is 63.3 Å². The highest BCUT2D eigenvalue weighted by Crippen LogP contribution is 2.32. The molecule has 0 saturated carbocycles. The van der Waals surface area contributed by atoms with Gasteiger partial charge in [0, 0.05) is 12.5 Å². The number of amides is 1. The molecule has 78 valence electrons. The lowest BCUT2D eigenvalue weighted by molar-refractivity contribution is -0.113. The molecule has 0 saturated heterocycles. The van der Waals surface area contributed by atoms with E-state index < -0.39 is 17.8 Å². The summed E-state index contributed by atoms with van der Waals surface area (Å²) in [5.41, 5.74) is 6.81. The molecule has 1 amide bonds. The molecular formula is C11H10FNO2. The quantitative estimate of drug-likeness (QED) is 0.663. The summed E-state index contributed by atoms with van der Waals surface area (Å²) in [5, 5.41) is 9.65. The lowest BCUT2D eigenvalue weighted by atomic mass is 10.1. The normalized spacial score (nSPS) is 21.7. The van der Waals surface area contributed by atoms with Gasteiger partial charge in [-0.2, -0.15) is 0 Å². The van der Waals surface area contributed by atoms with E-state index in [9.17, 15) is 14.3 Å². The maximum Gasteiger partial charge on any atom is 0.241 e.